The van der Waals surface area contributed by atoms with E-state index in [0.29, 0.717) is 10.7 Å². The van der Waals surface area contributed by atoms with Crippen molar-refractivity contribution in [1.29, 1.82) is 0 Å². The highest BCUT2D eigenvalue weighted by Gasteiger charge is 2.09. The molecular weight excluding hydrogens is 312 g/mol. The molecule has 0 aliphatic carbocycles. The summed E-state index contributed by atoms with van der Waals surface area (Å²) in [5, 5.41) is 10.7. The van der Waals surface area contributed by atoms with Gasteiger partial charge >= 0.3 is 0 Å². The second kappa shape index (κ2) is 6.97. The third-order valence-electron chi connectivity index (χ3n) is 3.13. The van der Waals surface area contributed by atoms with E-state index in [4.69, 9.17) is 4.74 Å². The molecule has 1 amide bonds. The molecule has 3 aromatic rings. The van der Waals surface area contributed by atoms with Gasteiger partial charge in [0.1, 0.15) is 5.75 Å². The number of hydrogen-bond acceptors (Lipinski definition) is 6. The van der Waals surface area contributed by atoms with E-state index in [9.17, 15) is 4.79 Å². The molecule has 7 heteroatoms. The van der Waals surface area contributed by atoms with Gasteiger partial charge in [-0.3, -0.25) is 10.1 Å². The van der Waals surface area contributed by atoms with Crippen molar-refractivity contribution in [2.24, 2.45) is 0 Å². The second-order valence-corrected chi connectivity index (χ2v) is 5.86. The van der Waals surface area contributed by atoms with E-state index in [1.807, 2.05) is 24.3 Å². The van der Waals surface area contributed by atoms with E-state index in [-0.39, 0.29) is 5.91 Å². The van der Waals surface area contributed by atoms with Crippen LogP contribution in [-0.2, 0) is 6.42 Å². The summed E-state index contributed by atoms with van der Waals surface area (Å²) in [7, 11) is 1.65. The van der Waals surface area contributed by atoms with Gasteiger partial charge in [0.25, 0.3) is 5.91 Å². The number of ether oxygens (including phenoxy) is 1. The minimum atomic E-state index is -0.248. The molecule has 116 valence electrons. The van der Waals surface area contributed by atoms with Crippen molar-refractivity contribution in [3.63, 3.8) is 0 Å². The van der Waals surface area contributed by atoms with Crippen LogP contribution in [0.3, 0.4) is 0 Å². The van der Waals surface area contributed by atoms with Gasteiger partial charge in [-0.25, -0.2) is 4.98 Å². The van der Waals surface area contributed by atoms with E-state index in [0.717, 1.165) is 22.6 Å². The zero-order chi connectivity index (χ0) is 16.1. The van der Waals surface area contributed by atoms with E-state index < -0.39 is 0 Å². The maximum absolute atomic E-state index is 12.0. The van der Waals surface area contributed by atoms with Crippen molar-refractivity contribution >= 4 is 22.4 Å². The highest BCUT2D eigenvalue weighted by Crippen LogP contribution is 2.23. The van der Waals surface area contributed by atoms with Crippen LogP contribution in [0.25, 0.3) is 0 Å². The smallest absolute Gasteiger partial charge is 0.259 e. The molecule has 23 heavy (non-hydrogen) atoms. The molecule has 0 fully saturated rings. The summed E-state index contributed by atoms with van der Waals surface area (Å²) in [6, 6.07) is 9.48. The molecule has 6 nitrogen and oxygen atoms in total. The molecule has 0 atom stereocenters. The Morgan fingerprint density at radius 2 is 2.17 bits per heavy atom. The van der Waals surface area contributed by atoms with E-state index in [1.165, 1.54) is 23.7 Å². The van der Waals surface area contributed by atoms with Crippen LogP contribution in [0.5, 0.6) is 5.75 Å². The summed E-state index contributed by atoms with van der Waals surface area (Å²) < 4.78 is 5.22. The molecular formula is C16H14N4O2S. The predicted octanol–water partition coefficient (Wildman–Crippen LogP) is 2.78. The number of rotatable bonds is 5. The van der Waals surface area contributed by atoms with Gasteiger partial charge in [0, 0.05) is 17.5 Å². The fraction of sp³-hybridized carbons (Fsp3) is 0.125. The normalized spacial score (nSPS) is 10.3. The number of nitrogens with zero attached hydrogens (tertiary/aromatic N) is 3. The number of thiazole rings is 1. The largest absolute Gasteiger partial charge is 0.497 e. The summed E-state index contributed by atoms with van der Waals surface area (Å²) in [6.45, 7) is 0. The second-order valence-electron chi connectivity index (χ2n) is 4.75. The highest BCUT2D eigenvalue weighted by molar-refractivity contribution is 7.15. The summed E-state index contributed by atoms with van der Waals surface area (Å²) in [4.78, 5) is 17.3. The van der Waals surface area contributed by atoms with Crippen molar-refractivity contribution in [2.75, 3.05) is 12.4 Å². The molecule has 2 aromatic heterocycles. The van der Waals surface area contributed by atoms with E-state index in [1.54, 1.807) is 19.4 Å². The number of benzene rings is 1. The Hall–Kier alpha value is -2.80. The highest BCUT2D eigenvalue weighted by atomic mass is 32.1. The lowest BCUT2D eigenvalue weighted by molar-refractivity contribution is 0.102. The lowest BCUT2D eigenvalue weighted by atomic mass is 10.1. The van der Waals surface area contributed by atoms with Crippen molar-refractivity contribution in [3.05, 3.63) is 64.9 Å². The standard InChI is InChI=1S/C16H14N4O2S/c1-22-13-4-2-3-11(7-13)8-14-10-17-16(23-14)20-15(21)12-5-6-18-19-9-12/h2-7,9-10H,8H2,1H3,(H,17,20,21). The first-order valence-electron chi connectivity index (χ1n) is 6.90. The maximum atomic E-state index is 12.0. The molecule has 1 N–H and O–H groups in total. The SMILES string of the molecule is COc1cccc(Cc2cnc(NC(=O)c3ccnnc3)s2)c1. The molecule has 0 bridgehead atoms. The molecule has 1 aromatic carbocycles. The van der Waals surface area contributed by atoms with Crippen LogP contribution >= 0.6 is 11.3 Å². The number of amides is 1. The first-order valence-corrected chi connectivity index (χ1v) is 7.72. The van der Waals surface area contributed by atoms with Gasteiger partial charge in [-0.2, -0.15) is 10.2 Å². The Kier molecular flexibility index (Phi) is 4.58. The molecule has 0 radical (unpaired) electrons. The van der Waals surface area contributed by atoms with Crippen LogP contribution in [0.1, 0.15) is 20.8 Å². The maximum Gasteiger partial charge on any atom is 0.259 e. The van der Waals surface area contributed by atoms with Gasteiger partial charge in [-0.15, -0.1) is 11.3 Å². The summed E-state index contributed by atoms with van der Waals surface area (Å²) in [5.41, 5.74) is 1.58. The fourth-order valence-electron chi connectivity index (χ4n) is 2.02. The minimum absolute atomic E-state index is 0.248. The zero-order valence-corrected chi connectivity index (χ0v) is 13.2. The molecule has 0 aliphatic heterocycles. The number of anilines is 1. The van der Waals surface area contributed by atoms with Gasteiger partial charge in [0.2, 0.25) is 0 Å². The third kappa shape index (κ3) is 3.89. The van der Waals surface area contributed by atoms with Gasteiger partial charge in [-0.1, -0.05) is 12.1 Å². The quantitative estimate of drug-likeness (QED) is 0.780. The number of aromatic nitrogens is 3. The fourth-order valence-corrected chi connectivity index (χ4v) is 2.87. The lowest BCUT2D eigenvalue weighted by Gasteiger charge is -2.02. The summed E-state index contributed by atoms with van der Waals surface area (Å²) in [6.07, 6.45) is 5.40. The summed E-state index contributed by atoms with van der Waals surface area (Å²) >= 11 is 1.44. The van der Waals surface area contributed by atoms with Crippen LogP contribution in [-0.4, -0.2) is 28.2 Å². The Morgan fingerprint density at radius 3 is 2.96 bits per heavy atom. The van der Waals surface area contributed by atoms with Crippen LogP contribution in [0.2, 0.25) is 0 Å². The first kappa shape index (κ1) is 15.1. The number of methoxy groups -OCH3 is 1. The molecule has 0 aliphatic rings. The van der Waals surface area contributed by atoms with Crippen molar-refractivity contribution in [1.82, 2.24) is 15.2 Å². The Labute approximate surface area is 137 Å². The molecule has 0 unspecified atom stereocenters. The summed E-state index contributed by atoms with van der Waals surface area (Å²) in [5.74, 6) is 0.577. The third-order valence-corrected chi connectivity index (χ3v) is 4.05. The van der Waals surface area contributed by atoms with Crippen molar-refractivity contribution < 1.29 is 9.53 Å². The van der Waals surface area contributed by atoms with Gasteiger partial charge in [-0.05, 0) is 23.8 Å². The molecule has 0 spiro atoms. The van der Waals surface area contributed by atoms with Gasteiger partial charge in [0.05, 0.1) is 25.1 Å². The first-order chi connectivity index (χ1) is 11.2. The monoisotopic (exact) mass is 326 g/mol. The topological polar surface area (TPSA) is 77.0 Å². The van der Waals surface area contributed by atoms with Crippen LogP contribution in [0.15, 0.2) is 48.9 Å². The van der Waals surface area contributed by atoms with Crippen LogP contribution < -0.4 is 10.1 Å². The van der Waals surface area contributed by atoms with Crippen molar-refractivity contribution in [2.45, 2.75) is 6.42 Å². The Balaban J connectivity index is 1.67. The number of hydrogen-bond donors (Lipinski definition) is 1. The minimum Gasteiger partial charge on any atom is -0.497 e. The molecule has 0 saturated carbocycles. The zero-order valence-electron chi connectivity index (χ0n) is 12.4. The van der Waals surface area contributed by atoms with Gasteiger partial charge in [0.15, 0.2) is 5.13 Å². The molecule has 3 rings (SSSR count). The average molecular weight is 326 g/mol. The Bertz CT molecular complexity index is 805. The van der Waals surface area contributed by atoms with Gasteiger partial charge < -0.3 is 4.74 Å². The lowest BCUT2D eigenvalue weighted by Crippen LogP contribution is -2.11. The van der Waals surface area contributed by atoms with E-state index in [2.05, 4.69) is 20.5 Å². The van der Waals surface area contributed by atoms with Crippen LogP contribution in [0.4, 0.5) is 5.13 Å². The number of carbonyl (C=O) groups excluding carboxylic acids is 1. The van der Waals surface area contributed by atoms with Crippen LogP contribution in [0, 0.1) is 0 Å². The van der Waals surface area contributed by atoms with E-state index >= 15 is 0 Å². The molecule has 2 heterocycles. The predicted molar refractivity (Wildman–Crippen MR) is 87.9 cm³/mol. The average Bonchev–Trinajstić information content (AvgIpc) is 3.02. The van der Waals surface area contributed by atoms with Crippen molar-refractivity contribution in [3.8, 4) is 5.75 Å². The number of nitrogens with one attached hydrogen (secondary N) is 1. The molecule has 0 saturated heterocycles. The Morgan fingerprint density at radius 1 is 1.26 bits per heavy atom. The number of carbonyl (C=O) groups is 1.